The molecule has 13 heteroatoms. The van der Waals surface area contributed by atoms with Crippen LogP contribution in [-0.4, -0.2) is 66.7 Å². The summed E-state index contributed by atoms with van der Waals surface area (Å²) in [6.07, 6.45) is -2.42. The number of imidazole rings is 1. The lowest BCUT2D eigenvalue weighted by Crippen LogP contribution is -2.45. The van der Waals surface area contributed by atoms with Crippen molar-refractivity contribution in [3.8, 4) is 0 Å². The first-order valence-corrected chi connectivity index (χ1v) is 12.3. The highest BCUT2D eigenvalue weighted by Crippen LogP contribution is 2.50. The quantitative estimate of drug-likeness (QED) is 0.249. The standard InChI is InChI=1S/C27H26FN5O7/c1-13-3-6-15(7-4-13)25(38)39-11-27(10-34)18(17-9-14(2)5-8-16(17)24(36)37)19(28)23(40-27)33-12-30-20-21(33)31-26(29)32-22(20)35/h3-9,12,18-19,23,34H,10-11H2,1-2H3,(H,36,37)(H3,29,31,32,35)/t18-,19-,23+,27+/m0/s1. The summed E-state index contributed by atoms with van der Waals surface area (Å²) in [5.74, 6) is -3.72. The van der Waals surface area contributed by atoms with Gasteiger partial charge in [0.15, 0.2) is 23.6 Å². The van der Waals surface area contributed by atoms with Crippen LogP contribution < -0.4 is 11.3 Å². The Morgan fingerprint density at radius 1 is 1.20 bits per heavy atom. The summed E-state index contributed by atoms with van der Waals surface area (Å²) in [5.41, 5.74) is 4.51. The van der Waals surface area contributed by atoms with Crippen LogP contribution in [0.4, 0.5) is 10.3 Å². The molecule has 5 rings (SSSR count). The van der Waals surface area contributed by atoms with Crippen molar-refractivity contribution in [3.05, 3.63) is 87.0 Å². The number of halogens is 1. The number of hydrogen-bond acceptors (Lipinski definition) is 9. The maximum atomic E-state index is 16.6. The van der Waals surface area contributed by atoms with Crippen LogP contribution in [0.3, 0.4) is 0 Å². The van der Waals surface area contributed by atoms with Crippen molar-refractivity contribution in [1.82, 2.24) is 19.5 Å². The second-order valence-electron chi connectivity index (χ2n) is 9.77. The van der Waals surface area contributed by atoms with Gasteiger partial charge in [0.25, 0.3) is 5.56 Å². The minimum absolute atomic E-state index is 0.0395. The molecule has 0 unspecified atom stereocenters. The molecule has 0 aliphatic carbocycles. The molecule has 1 fully saturated rings. The molecule has 12 nitrogen and oxygen atoms in total. The predicted octanol–water partition coefficient (Wildman–Crippen LogP) is 2.26. The third-order valence-corrected chi connectivity index (χ3v) is 7.01. The number of H-pyrrole nitrogens is 1. The Kier molecular flexibility index (Phi) is 6.85. The highest BCUT2D eigenvalue weighted by molar-refractivity contribution is 5.90. The number of carbonyl (C=O) groups excluding carboxylic acids is 1. The molecule has 4 atom stereocenters. The molecular formula is C27H26FN5O7. The van der Waals surface area contributed by atoms with Crippen LogP contribution in [0.25, 0.3) is 11.2 Å². The molecular weight excluding hydrogens is 525 g/mol. The number of aryl methyl sites for hydroxylation is 2. The second-order valence-corrected chi connectivity index (χ2v) is 9.77. The molecule has 1 saturated heterocycles. The van der Waals surface area contributed by atoms with Gasteiger partial charge in [0.2, 0.25) is 5.95 Å². The zero-order chi connectivity index (χ0) is 28.8. The number of carbonyl (C=O) groups is 2. The number of rotatable bonds is 7. The average Bonchev–Trinajstić information content (AvgIpc) is 3.46. The van der Waals surface area contributed by atoms with E-state index in [2.05, 4.69) is 15.0 Å². The van der Waals surface area contributed by atoms with Crippen LogP contribution in [0, 0.1) is 13.8 Å². The predicted molar refractivity (Wildman–Crippen MR) is 140 cm³/mol. The van der Waals surface area contributed by atoms with Crippen molar-refractivity contribution in [3.63, 3.8) is 0 Å². The first-order chi connectivity index (χ1) is 19.0. The summed E-state index contributed by atoms with van der Waals surface area (Å²) in [7, 11) is 0. The molecule has 0 spiro atoms. The first kappa shape index (κ1) is 27.0. The van der Waals surface area contributed by atoms with E-state index < -0.39 is 54.6 Å². The number of aliphatic hydroxyl groups excluding tert-OH is 1. The summed E-state index contributed by atoms with van der Waals surface area (Å²) in [6.45, 7) is 2.10. The molecule has 2 aromatic carbocycles. The SMILES string of the molecule is Cc1ccc(C(=O)OC[C@@]2(CO)O[C@@H](n3cnc4c(=O)[nH]c(N)nc43)[C@@H](F)[C@@H]2c2cc(C)ccc2C(=O)O)cc1. The van der Waals surface area contributed by atoms with Crippen molar-refractivity contribution in [2.24, 2.45) is 0 Å². The lowest BCUT2D eigenvalue weighted by Gasteiger charge is -2.33. The highest BCUT2D eigenvalue weighted by Gasteiger charge is 2.58. The molecule has 4 aromatic rings. The zero-order valence-electron chi connectivity index (χ0n) is 21.5. The Balaban J connectivity index is 1.62. The molecule has 3 heterocycles. The van der Waals surface area contributed by atoms with Gasteiger partial charge in [-0.15, -0.1) is 0 Å². The molecule has 0 bridgehead atoms. The number of ether oxygens (including phenoxy) is 2. The molecule has 1 aliphatic heterocycles. The third kappa shape index (κ3) is 4.58. The topological polar surface area (TPSA) is 183 Å². The van der Waals surface area contributed by atoms with E-state index in [1.165, 1.54) is 12.1 Å². The smallest absolute Gasteiger partial charge is 0.338 e. The largest absolute Gasteiger partial charge is 0.478 e. The maximum Gasteiger partial charge on any atom is 0.338 e. The van der Waals surface area contributed by atoms with Crippen molar-refractivity contribution >= 4 is 29.1 Å². The summed E-state index contributed by atoms with van der Waals surface area (Å²) in [4.78, 5) is 47.7. The number of fused-ring (bicyclic) bond motifs is 1. The number of aromatic nitrogens is 4. The number of aromatic carboxylic acids is 1. The number of aromatic amines is 1. The fourth-order valence-corrected chi connectivity index (χ4v) is 5.03. The summed E-state index contributed by atoms with van der Waals surface area (Å²) < 4.78 is 29.4. The van der Waals surface area contributed by atoms with Gasteiger partial charge in [-0.25, -0.2) is 19.0 Å². The van der Waals surface area contributed by atoms with E-state index in [0.29, 0.717) is 5.56 Å². The van der Waals surface area contributed by atoms with Crippen LogP contribution in [0.2, 0.25) is 0 Å². The first-order valence-electron chi connectivity index (χ1n) is 12.3. The number of anilines is 1. The number of alkyl halides is 1. The van der Waals surface area contributed by atoms with Crippen molar-refractivity contribution in [2.75, 3.05) is 18.9 Å². The molecule has 0 amide bonds. The summed E-state index contributed by atoms with van der Waals surface area (Å²) in [6, 6.07) is 11.0. The fourth-order valence-electron chi connectivity index (χ4n) is 5.03. The van der Waals surface area contributed by atoms with E-state index in [0.717, 1.165) is 16.5 Å². The van der Waals surface area contributed by atoms with E-state index in [1.54, 1.807) is 37.3 Å². The van der Waals surface area contributed by atoms with E-state index in [-0.39, 0.29) is 33.8 Å². The number of benzene rings is 2. The van der Waals surface area contributed by atoms with Gasteiger partial charge < -0.3 is 25.4 Å². The molecule has 0 radical (unpaired) electrons. The van der Waals surface area contributed by atoms with Crippen molar-refractivity contribution in [1.29, 1.82) is 0 Å². The number of carboxylic acid groups (broad SMARTS) is 1. The molecule has 1 aliphatic rings. The zero-order valence-corrected chi connectivity index (χ0v) is 21.5. The van der Waals surface area contributed by atoms with Crippen LogP contribution in [0.5, 0.6) is 0 Å². The summed E-state index contributed by atoms with van der Waals surface area (Å²) >= 11 is 0. The lowest BCUT2D eigenvalue weighted by atomic mass is 9.79. The van der Waals surface area contributed by atoms with E-state index >= 15 is 4.39 Å². The van der Waals surface area contributed by atoms with Gasteiger partial charge in [0, 0.05) is 0 Å². The number of carboxylic acids is 1. The average molecular weight is 552 g/mol. The molecule has 208 valence electrons. The Morgan fingerprint density at radius 2 is 1.90 bits per heavy atom. The van der Waals surface area contributed by atoms with Crippen molar-refractivity contribution < 1.29 is 33.7 Å². The molecule has 2 aromatic heterocycles. The lowest BCUT2D eigenvalue weighted by molar-refractivity contribution is -0.130. The number of esters is 1. The number of nitrogen functional groups attached to an aromatic ring is 1. The van der Waals surface area contributed by atoms with Gasteiger partial charge in [-0.1, -0.05) is 35.4 Å². The van der Waals surface area contributed by atoms with Crippen LogP contribution >= 0.6 is 0 Å². The number of nitrogens with zero attached hydrogens (tertiary/aromatic N) is 3. The van der Waals surface area contributed by atoms with Gasteiger partial charge in [-0.2, -0.15) is 4.98 Å². The van der Waals surface area contributed by atoms with Crippen LogP contribution in [-0.2, 0) is 9.47 Å². The minimum atomic E-state index is -2.01. The van der Waals surface area contributed by atoms with E-state index in [9.17, 15) is 24.6 Å². The maximum absolute atomic E-state index is 16.6. The Morgan fingerprint density at radius 3 is 2.58 bits per heavy atom. The monoisotopic (exact) mass is 551 g/mol. The third-order valence-electron chi connectivity index (χ3n) is 7.01. The van der Waals surface area contributed by atoms with E-state index in [4.69, 9.17) is 15.2 Å². The van der Waals surface area contributed by atoms with E-state index in [1.807, 2.05) is 6.92 Å². The number of nitrogens with two attached hydrogens (primary N) is 1. The molecule has 40 heavy (non-hydrogen) atoms. The minimum Gasteiger partial charge on any atom is -0.478 e. The molecule has 5 N–H and O–H groups in total. The van der Waals surface area contributed by atoms with Gasteiger partial charge >= 0.3 is 11.9 Å². The van der Waals surface area contributed by atoms with Gasteiger partial charge in [0.1, 0.15) is 12.2 Å². The summed E-state index contributed by atoms with van der Waals surface area (Å²) in [5, 5.41) is 20.6. The fraction of sp³-hybridized carbons (Fsp3) is 0.296. The number of aliphatic hydroxyl groups is 1. The van der Waals surface area contributed by atoms with Gasteiger partial charge in [-0.05, 0) is 37.6 Å². The number of hydrogen-bond donors (Lipinski definition) is 4. The molecule has 0 saturated carbocycles. The Labute approximate surface area is 226 Å². The van der Waals surface area contributed by atoms with Gasteiger partial charge in [-0.3, -0.25) is 14.3 Å². The normalized spacial score (nSPS) is 22.4. The van der Waals surface area contributed by atoms with Crippen LogP contribution in [0.1, 0.15) is 49.6 Å². The van der Waals surface area contributed by atoms with Gasteiger partial charge in [0.05, 0.1) is 30.0 Å². The Bertz CT molecular complexity index is 1670. The second kappa shape index (κ2) is 10.2. The number of nitrogens with one attached hydrogen (secondary N) is 1. The van der Waals surface area contributed by atoms with Crippen LogP contribution in [0.15, 0.2) is 53.6 Å². The highest BCUT2D eigenvalue weighted by atomic mass is 19.1. The van der Waals surface area contributed by atoms with Crippen molar-refractivity contribution in [2.45, 2.75) is 37.8 Å². The Hall–Kier alpha value is -4.62.